The standard InChI is InChI=1S/C13H15ClN4O4S/c1-7-6-10(14)4-5-11(7)22-8(2)12(19)18-23(20,21)13-15-9(3)16-17-13/h4-6,8H,1-3H3,(H,18,19)(H,15,16,17)/t8-/m0/s1. The highest BCUT2D eigenvalue weighted by molar-refractivity contribution is 7.89. The molecule has 0 unspecified atom stereocenters. The largest absolute Gasteiger partial charge is 0.481 e. The average molecular weight is 359 g/mol. The van der Waals surface area contributed by atoms with Crippen LogP contribution in [-0.2, 0) is 14.8 Å². The lowest BCUT2D eigenvalue weighted by Gasteiger charge is -2.15. The fourth-order valence-electron chi connectivity index (χ4n) is 1.69. The lowest BCUT2D eigenvalue weighted by molar-refractivity contribution is -0.125. The zero-order valence-electron chi connectivity index (χ0n) is 12.6. The molecule has 0 fully saturated rings. The number of aromatic amines is 1. The molecule has 2 rings (SSSR count). The van der Waals surface area contributed by atoms with E-state index >= 15 is 0 Å². The summed E-state index contributed by atoms with van der Waals surface area (Å²) < 4.78 is 31.3. The number of H-pyrrole nitrogens is 1. The van der Waals surface area contributed by atoms with Gasteiger partial charge in [-0.2, -0.15) is 8.42 Å². The third-order valence-corrected chi connectivity index (χ3v) is 4.23. The van der Waals surface area contributed by atoms with Gasteiger partial charge in [0.05, 0.1) is 0 Å². The molecule has 1 aromatic heterocycles. The van der Waals surface area contributed by atoms with E-state index in [1.54, 1.807) is 32.0 Å². The first-order chi connectivity index (χ1) is 10.7. The number of benzene rings is 1. The number of amides is 1. The van der Waals surface area contributed by atoms with Crippen molar-refractivity contribution in [2.45, 2.75) is 32.0 Å². The van der Waals surface area contributed by atoms with Gasteiger partial charge in [-0.1, -0.05) is 11.6 Å². The number of rotatable bonds is 5. The number of aromatic nitrogens is 3. The molecule has 0 aliphatic carbocycles. The van der Waals surface area contributed by atoms with Crippen molar-refractivity contribution in [1.82, 2.24) is 19.9 Å². The van der Waals surface area contributed by atoms with Crippen LogP contribution in [0.2, 0.25) is 5.02 Å². The number of sulfonamides is 1. The van der Waals surface area contributed by atoms with E-state index in [0.29, 0.717) is 16.6 Å². The van der Waals surface area contributed by atoms with Gasteiger partial charge in [0.15, 0.2) is 6.10 Å². The smallest absolute Gasteiger partial charge is 0.301 e. The highest BCUT2D eigenvalue weighted by atomic mass is 35.5. The summed E-state index contributed by atoms with van der Waals surface area (Å²) in [7, 11) is -4.15. The van der Waals surface area contributed by atoms with E-state index in [1.165, 1.54) is 6.92 Å². The molecular formula is C13H15ClN4O4S. The molecule has 0 bridgehead atoms. The molecule has 0 saturated carbocycles. The predicted octanol–water partition coefficient (Wildman–Crippen LogP) is 1.35. The number of nitrogens with zero attached hydrogens (tertiary/aromatic N) is 2. The van der Waals surface area contributed by atoms with Gasteiger partial charge in [0.25, 0.3) is 11.1 Å². The first-order valence-corrected chi connectivity index (χ1v) is 8.43. The minimum Gasteiger partial charge on any atom is -0.481 e. The summed E-state index contributed by atoms with van der Waals surface area (Å²) in [6.45, 7) is 4.74. The van der Waals surface area contributed by atoms with Gasteiger partial charge in [-0.15, -0.1) is 5.10 Å². The van der Waals surface area contributed by atoms with Gasteiger partial charge >= 0.3 is 10.0 Å². The highest BCUT2D eigenvalue weighted by Gasteiger charge is 2.26. The summed E-state index contributed by atoms with van der Waals surface area (Å²) in [5.74, 6) is -0.0797. The lowest BCUT2D eigenvalue weighted by Crippen LogP contribution is -2.40. The lowest BCUT2D eigenvalue weighted by atomic mass is 10.2. The van der Waals surface area contributed by atoms with Gasteiger partial charge in [0.2, 0.25) is 0 Å². The summed E-state index contributed by atoms with van der Waals surface area (Å²) in [5.41, 5.74) is 0.726. The quantitative estimate of drug-likeness (QED) is 0.833. The topological polar surface area (TPSA) is 114 Å². The van der Waals surface area contributed by atoms with Crippen LogP contribution < -0.4 is 9.46 Å². The number of halogens is 1. The SMILES string of the molecule is Cc1nc(S(=O)(=O)NC(=O)[C@H](C)Oc2ccc(Cl)cc2C)n[nH]1. The fourth-order valence-corrected chi connectivity index (χ4v) is 2.86. The first kappa shape index (κ1) is 17.2. The van der Waals surface area contributed by atoms with Crippen molar-refractivity contribution in [2.75, 3.05) is 0 Å². The van der Waals surface area contributed by atoms with Crippen LogP contribution >= 0.6 is 11.6 Å². The van der Waals surface area contributed by atoms with Gasteiger partial charge in [-0.25, -0.2) is 9.71 Å². The Balaban J connectivity index is 2.08. The number of hydrogen-bond acceptors (Lipinski definition) is 6. The van der Waals surface area contributed by atoms with Crippen LogP contribution in [0.4, 0.5) is 0 Å². The Morgan fingerprint density at radius 1 is 1.39 bits per heavy atom. The van der Waals surface area contributed by atoms with Crippen molar-refractivity contribution >= 4 is 27.5 Å². The summed E-state index contributed by atoms with van der Waals surface area (Å²) >= 11 is 5.84. The summed E-state index contributed by atoms with van der Waals surface area (Å²) in [5, 5.41) is 5.94. The number of carbonyl (C=O) groups is 1. The van der Waals surface area contributed by atoms with Crippen LogP contribution in [0.15, 0.2) is 23.4 Å². The normalized spacial score (nSPS) is 12.7. The third kappa shape index (κ3) is 4.20. The fraction of sp³-hybridized carbons (Fsp3) is 0.308. The molecule has 2 aromatic rings. The average Bonchev–Trinajstić information content (AvgIpc) is 2.89. The molecule has 1 amide bonds. The summed E-state index contributed by atoms with van der Waals surface area (Å²) in [4.78, 5) is 15.7. The zero-order chi connectivity index (χ0) is 17.2. The highest BCUT2D eigenvalue weighted by Crippen LogP contribution is 2.22. The van der Waals surface area contributed by atoms with E-state index in [1.807, 2.05) is 4.72 Å². The van der Waals surface area contributed by atoms with E-state index in [2.05, 4.69) is 15.2 Å². The summed E-state index contributed by atoms with van der Waals surface area (Å²) in [6, 6.07) is 4.89. The minimum atomic E-state index is -4.15. The third-order valence-electron chi connectivity index (χ3n) is 2.86. The van der Waals surface area contributed by atoms with Crippen molar-refractivity contribution < 1.29 is 17.9 Å². The van der Waals surface area contributed by atoms with Gasteiger partial charge in [-0.05, 0) is 44.5 Å². The van der Waals surface area contributed by atoms with Crippen LogP contribution in [0.5, 0.6) is 5.75 Å². The van der Waals surface area contributed by atoms with E-state index in [-0.39, 0.29) is 0 Å². The number of nitrogens with one attached hydrogen (secondary N) is 2. The Hall–Kier alpha value is -2.13. The first-order valence-electron chi connectivity index (χ1n) is 6.57. The van der Waals surface area contributed by atoms with Gasteiger partial charge in [0, 0.05) is 5.02 Å². The Morgan fingerprint density at radius 2 is 2.09 bits per heavy atom. The molecule has 1 heterocycles. The molecule has 23 heavy (non-hydrogen) atoms. The predicted molar refractivity (Wildman–Crippen MR) is 82.7 cm³/mol. The maximum atomic E-state index is 12.0. The maximum Gasteiger partial charge on any atom is 0.301 e. The van der Waals surface area contributed by atoms with Crippen molar-refractivity contribution in [3.8, 4) is 5.75 Å². The molecule has 1 aromatic carbocycles. The van der Waals surface area contributed by atoms with Crippen molar-refractivity contribution in [3.05, 3.63) is 34.6 Å². The van der Waals surface area contributed by atoms with Crippen LogP contribution in [-0.4, -0.2) is 35.6 Å². The van der Waals surface area contributed by atoms with Crippen LogP contribution in [0.1, 0.15) is 18.3 Å². The Bertz CT molecular complexity index is 834. The maximum absolute atomic E-state index is 12.0. The van der Waals surface area contributed by atoms with Gasteiger partial charge in [-0.3, -0.25) is 9.89 Å². The van der Waals surface area contributed by atoms with Crippen molar-refractivity contribution in [3.63, 3.8) is 0 Å². The second-order valence-electron chi connectivity index (χ2n) is 4.84. The van der Waals surface area contributed by atoms with E-state index in [0.717, 1.165) is 5.56 Å². The molecule has 124 valence electrons. The molecule has 2 N–H and O–H groups in total. The molecule has 0 spiro atoms. The van der Waals surface area contributed by atoms with Crippen LogP contribution in [0.3, 0.4) is 0 Å². The minimum absolute atomic E-state index is 0.318. The molecule has 0 aliphatic heterocycles. The van der Waals surface area contributed by atoms with E-state index in [9.17, 15) is 13.2 Å². The van der Waals surface area contributed by atoms with Gasteiger partial charge in [0.1, 0.15) is 11.6 Å². The second kappa shape index (κ2) is 6.55. The Labute approximate surface area is 138 Å². The monoisotopic (exact) mass is 358 g/mol. The van der Waals surface area contributed by atoms with Gasteiger partial charge < -0.3 is 4.74 Å². The van der Waals surface area contributed by atoms with Crippen molar-refractivity contribution in [1.29, 1.82) is 0 Å². The molecular weight excluding hydrogens is 344 g/mol. The molecule has 8 nitrogen and oxygen atoms in total. The van der Waals surface area contributed by atoms with Crippen LogP contribution in [0.25, 0.3) is 0 Å². The number of carbonyl (C=O) groups excluding carboxylic acids is 1. The zero-order valence-corrected chi connectivity index (χ0v) is 14.2. The molecule has 0 saturated heterocycles. The molecule has 0 aliphatic rings. The Kier molecular flexibility index (Phi) is 4.90. The van der Waals surface area contributed by atoms with Crippen LogP contribution in [0, 0.1) is 13.8 Å². The van der Waals surface area contributed by atoms with Crippen molar-refractivity contribution in [2.24, 2.45) is 0 Å². The number of ether oxygens (including phenoxy) is 1. The molecule has 10 heteroatoms. The Morgan fingerprint density at radius 3 is 2.65 bits per heavy atom. The van der Waals surface area contributed by atoms with E-state index in [4.69, 9.17) is 16.3 Å². The number of aryl methyl sites for hydroxylation is 2. The molecule has 1 atom stereocenters. The van der Waals surface area contributed by atoms with E-state index < -0.39 is 27.2 Å². The second-order valence-corrected chi connectivity index (χ2v) is 6.86. The number of hydrogen-bond donors (Lipinski definition) is 2. The summed E-state index contributed by atoms with van der Waals surface area (Å²) in [6.07, 6.45) is -1.04. The molecule has 0 radical (unpaired) electrons.